The smallest absolute Gasteiger partial charge is 0.275 e. The first-order valence-corrected chi connectivity index (χ1v) is 8.51. The van der Waals surface area contributed by atoms with Gasteiger partial charge in [0.2, 0.25) is 0 Å². The van der Waals surface area contributed by atoms with Crippen molar-refractivity contribution in [2.24, 2.45) is 0 Å². The highest BCUT2D eigenvalue weighted by Crippen LogP contribution is 2.22. The molecular weight excluding hydrogens is 300 g/mol. The maximum absolute atomic E-state index is 12.5. The van der Waals surface area contributed by atoms with Crippen molar-refractivity contribution in [1.82, 2.24) is 9.97 Å². The molecule has 0 aliphatic carbocycles. The predicted octanol–water partition coefficient (Wildman–Crippen LogP) is 3.64. The van der Waals surface area contributed by atoms with Gasteiger partial charge in [0.15, 0.2) is 0 Å². The third-order valence-corrected chi connectivity index (χ3v) is 4.47. The molecule has 5 heteroatoms. The first-order chi connectivity index (χ1) is 11.5. The number of aryl methyl sites for hydroxylation is 3. The molecule has 2 aromatic rings. The van der Waals surface area contributed by atoms with Gasteiger partial charge in [0.05, 0.1) is 12.4 Å². The van der Waals surface area contributed by atoms with Crippen molar-refractivity contribution in [3.63, 3.8) is 0 Å². The number of rotatable bonds is 3. The fourth-order valence-corrected chi connectivity index (χ4v) is 3.28. The minimum Gasteiger partial charge on any atom is -0.355 e. The Kier molecular flexibility index (Phi) is 4.79. The van der Waals surface area contributed by atoms with Gasteiger partial charge >= 0.3 is 0 Å². The zero-order valence-electron chi connectivity index (χ0n) is 14.6. The second kappa shape index (κ2) is 6.99. The van der Waals surface area contributed by atoms with Gasteiger partial charge in [-0.15, -0.1) is 0 Å². The Bertz CT molecular complexity index is 711. The van der Waals surface area contributed by atoms with E-state index in [9.17, 15) is 4.79 Å². The van der Waals surface area contributed by atoms with Gasteiger partial charge in [-0.05, 0) is 51.2 Å². The SMILES string of the molecule is Cc1cc(C)c(NC(=O)c2cnc(N3CCCCC3)cn2)c(C)c1. The molecule has 126 valence electrons. The zero-order chi connectivity index (χ0) is 17.1. The first-order valence-electron chi connectivity index (χ1n) is 8.51. The summed E-state index contributed by atoms with van der Waals surface area (Å²) in [7, 11) is 0. The van der Waals surface area contributed by atoms with E-state index in [-0.39, 0.29) is 5.91 Å². The highest BCUT2D eigenvalue weighted by molar-refractivity contribution is 6.03. The molecule has 1 amide bonds. The fourth-order valence-electron chi connectivity index (χ4n) is 3.28. The molecule has 2 heterocycles. The molecule has 1 fully saturated rings. The second-order valence-electron chi connectivity index (χ2n) is 6.54. The molecule has 1 N–H and O–H groups in total. The lowest BCUT2D eigenvalue weighted by Gasteiger charge is -2.27. The molecule has 24 heavy (non-hydrogen) atoms. The zero-order valence-corrected chi connectivity index (χ0v) is 14.6. The standard InChI is InChI=1S/C19H24N4O/c1-13-9-14(2)18(15(3)10-13)22-19(24)16-11-21-17(12-20-16)23-7-5-4-6-8-23/h9-12H,4-8H2,1-3H3,(H,22,24). The summed E-state index contributed by atoms with van der Waals surface area (Å²) in [6, 6.07) is 4.13. The van der Waals surface area contributed by atoms with E-state index in [1.165, 1.54) is 24.8 Å². The Balaban J connectivity index is 1.73. The van der Waals surface area contributed by atoms with E-state index >= 15 is 0 Å². The maximum Gasteiger partial charge on any atom is 0.275 e. The van der Waals surface area contributed by atoms with Crippen LogP contribution in [0.15, 0.2) is 24.5 Å². The average molecular weight is 324 g/mol. The molecule has 0 spiro atoms. The van der Waals surface area contributed by atoms with Crippen molar-refractivity contribution in [3.8, 4) is 0 Å². The molecule has 1 saturated heterocycles. The normalized spacial score (nSPS) is 14.5. The highest BCUT2D eigenvalue weighted by Gasteiger charge is 2.15. The fraction of sp³-hybridized carbons (Fsp3) is 0.421. The van der Waals surface area contributed by atoms with Crippen molar-refractivity contribution in [1.29, 1.82) is 0 Å². The molecule has 0 radical (unpaired) electrons. The van der Waals surface area contributed by atoms with Crippen LogP contribution < -0.4 is 10.2 Å². The van der Waals surface area contributed by atoms with E-state index in [4.69, 9.17) is 0 Å². The summed E-state index contributed by atoms with van der Waals surface area (Å²) in [6.07, 6.45) is 6.93. The van der Waals surface area contributed by atoms with Crippen LogP contribution in [-0.4, -0.2) is 29.0 Å². The molecule has 0 unspecified atom stereocenters. The molecular formula is C19H24N4O. The topological polar surface area (TPSA) is 58.1 Å². The summed E-state index contributed by atoms with van der Waals surface area (Å²) in [5.74, 6) is 0.636. The van der Waals surface area contributed by atoms with E-state index in [0.29, 0.717) is 5.69 Å². The summed E-state index contributed by atoms with van der Waals surface area (Å²) >= 11 is 0. The molecule has 0 atom stereocenters. The lowest BCUT2D eigenvalue weighted by molar-refractivity contribution is 0.102. The molecule has 1 aromatic heterocycles. The van der Waals surface area contributed by atoms with Crippen LogP contribution in [0.3, 0.4) is 0 Å². The quantitative estimate of drug-likeness (QED) is 0.936. The van der Waals surface area contributed by atoms with E-state index < -0.39 is 0 Å². The maximum atomic E-state index is 12.5. The van der Waals surface area contributed by atoms with Crippen LogP contribution in [0.5, 0.6) is 0 Å². The minimum absolute atomic E-state index is 0.220. The summed E-state index contributed by atoms with van der Waals surface area (Å²) < 4.78 is 0. The Morgan fingerprint density at radius 1 is 1.00 bits per heavy atom. The number of nitrogens with zero attached hydrogens (tertiary/aromatic N) is 3. The number of nitrogens with one attached hydrogen (secondary N) is 1. The lowest BCUT2D eigenvalue weighted by Crippen LogP contribution is -2.30. The van der Waals surface area contributed by atoms with Crippen molar-refractivity contribution < 1.29 is 4.79 Å². The van der Waals surface area contributed by atoms with Crippen LogP contribution >= 0.6 is 0 Å². The molecule has 0 saturated carbocycles. The van der Waals surface area contributed by atoms with E-state index in [2.05, 4.69) is 39.2 Å². The molecule has 0 bridgehead atoms. The van der Waals surface area contributed by atoms with Crippen molar-refractivity contribution in [2.75, 3.05) is 23.3 Å². The van der Waals surface area contributed by atoms with Gasteiger partial charge in [0.1, 0.15) is 11.5 Å². The van der Waals surface area contributed by atoms with Crippen LogP contribution in [-0.2, 0) is 0 Å². The van der Waals surface area contributed by atoms with E-state index in [1.54, 1.807) is 12.4 Å². The van der Waals surface area contributed by atoms with Crippen LogP contribution in [0.25, 0.3) is 0 Å². The minimum atomic E-state index is -0.220. The van der Waals surface area contributed by atoms with Crippen molar-refractivity contribution in [3.05, 3.63) is 46.9 Å². The number of carbonyl (C=O) groups excluding carboxylic acids is 1. The van der Waals surface area contributed by atoms with Crippen molar-refractivity contribution in [2.45, 2.75) is 40.0 Å². The highest BCUT2D eigenvalue weighted by atomic mass is 16.1. The number of piperidine rings is 1. The van der Waals surface area contributed by atoms with Gasteiger partial charge < -0.3 is 10.2 Å². The van der Waals surface area contributed by atoms with Gasteiger partial charge in [-0.3, -0.25) is 4.79 Å². The number of carbonyl (C=O) groups is 1. The van der Waals surface area contributed by atoms with Crippen LogP contribution in [0, 0.1) is 20.8 Å². The van der Waals surface area contributed by atoms with E-state index in [0.717, 1.165) is 35.7 Å². The summed E-state index contributed by atoms with van der Waals surface area (Å²) in [6.45, 7) is 8.09. The number of hydrogen-bond donors (Lipinski definition) is 1. The van der Waals surface area contributed by atoms with Gasteiger partial charge in [-0.25, -0.2) is 9.97 Å². The van der Waals surface area contributed by atoms with E-state index in [1.807, 2.05) is 13.8 Å². The number of aromatic nitrogens is 2. The summed E-state index contributed by atoms with van der Waals surface area (Å²) in [5.41, 5.74) is 4.49. The molecule has 5 nitrogen and oxygen atoms in total. The summed E-state index contributed by atoms with van der Waals surface area (Å²) in [5, 5.41) is 2.97. The first kappa shape index (κ1) is 16.4. The number of anilines is 2. The molecule has 1 aromatic carbocycles. The average Bonchev–Trinajstić information content (AvgIpc) is 2.59. The second-order valence-corrected chi connectivity index (χ2v) is 6.54. The van der Waals surface area contributed by atoms with Gasteiger partial charge in [0.25, 0.3) is 5.91 Å². The van der Waals surface area contributed by atoms with Gasteiger partial charge in [0, 0.05) is 18.8 Å². The molecule has 1 aliphatic rings. The van der Waals surface area contributed by atoms with Gasteiger partial charge in [-0.1, -0.05) is 17.7 Å². The lowest BCUT2D eigenvalue weighted by atomic mass is 10.1. The molecule has 3 rings (SSSR count). The van der Waals surface area contributed by atoms with Crippen LogP contribution in [0.4, 0.5) is 11.5 Å². The Morgan fingerprint density at radius 2 is 1.67 bits per heavy atom. The van der Waals surface area contributed by atoms with Gasteiger partial charge in [-0.2, -0.15) is 0 Å². The third-order valence-electron chi connectivity index (χ3n) is 4.47. The largest absolute Gasteiger partial charge is 0.355 e. The third kappa shape index (κ3) is 3.55. The predicted molar refractivity (Wildman–Crippen MR) is 96.7 cm³/mol. The Hall–Kier alpha value is -2.43. The van der Waals surface area contributed by atoms with Crippen LogP contribution in [0.1, 0.15) is 46.4 Å². The van der Waals surface area contributed by atoms with Crippen molar-refractivity contribution >= 4 is 17.4 Å². The Morgan fingerprint density at radius 3 is 2.25 bits per heavy atom. The van der Waals surface area contributed by atoms with Crippen LogP contribution in [0.2, 0.25) is 0 Å². The summed E-state index contributed by atoms with van der Waals surface area (Å²) in [4.78, 5) is 23.4. The number of hydrogen-bond acceptors (Lipinski definition) is 4. The molecule has 1 aliphatic heterocycles. The Labute approximate surface area is 143 Å². The number of benzene rings is 1. The monoisotopic (exact) mass is 324 g/mol. The number of amides is 1.